The lowest BCUT2D eigenvalue weighted by Gasteiger charge is -2.34. The molecule has 0 saturated carbocycles. The van der Waals surface area contributed by atoms with Gasteiger partial charge < -0.3 is 10.4 Å². The maximum absolute atomic E-state index is 12.3. The van der Waals surface area contributed by atoms with Crippen molar-refractivity contribution < 1.29 is 9.90 Å². The lowest BCUT2D eigenvalue weighted by molar-refractivity contribution is -0.118. The standard InChI is InChI=1S/C17H26N2O2/c1-13-6-5-8-16(14(13)2)18-17(21)12-19-10-4-3-7-15(19)9-11-20/h5-6,8,15,20H,3-4,7,9-12H2,1-2H3,(H,18,21). The third-order valence-electron chi connectivity index (χ3n) is 4.44. The Labute approximate surface area is 127 Å². The highest BCUT2D eigenvalue weighted by molar-refractivity contribution is 5.93. The van der Waals surface area contributed by atoms with Gasteiger partial charge in [0.25, 0.3) is 0 Å². The highest BCUT2D eigenvalue weighted by Crippen LogP contribution is 2.21. The Kier molecular flexibility index (Phi) is 5.76. The third kappa shape index (κ3) is 4.29. The number of nitrogens with zero attached hydrogens (tertiary/aromatic N) is 1. The minimum atomic E-state index is 0.0357. The molecule has 1 aliphatic heterocycles. The molecule has 1 aliphatic rings. The van der Waals surface area contributed by atoms with Crippen molar-refractivity contribution in [3.05, 3.63) is 29.3 Å². The molecule has 1 atom stereocenters. The zero-order chi connectivity index (χ0) is 15.2. The van der Waals surface area contributed by atoms with Gasteiger partial charge >= 0.3 is 0 Å². The van der Waals surface area contributed by atoms with E-state index in [4.69, 9.17) is 5.11 Å². The molecule has 0 bridgehead atoms. The number of benzene rings is 1. The van der Waals surface area contributed by atoms with E-state index in [1.807, 2.05) is 32.0 Å². The number of piperidine rings is 1. The molecule has 0 aliphatic carbocycles. The van der Waals surface area contributed by atoms with Crippen molar-refractivity contribution in [3.8, 4) is 0 Å². The van der Waals surface area contributed by atoms with Gasteiger partial charge in [0, 0.05) is 18.3 Å². The summed E-state index contributed by atoms with van der Waals surface area (Å²) < 4.78 is 0. The average molecular weight is 290 g/mol. The summed E-state index contributed by atoms with van der Waals surface area (Å²) >= 11 is 0. The number of hydrogen-bond acceptors (Lipinski definition) is 3. The number of rotatable bonds is 5. The van der Waals surface area contributed by atoms with E-state index in [1.54, 1.807) is 0 Å². The molecule has 0 radical (unpaired) electrons. The zero-order valence-electron chi connectivity index (χ0n) is 13.1. The van der Waals surface area contributed by atoms with Gasteiger partial charge in [-0.15, -0.1) is 0 Å². The summed E-state index contributed by atoms with van der Waals surface area (Å²) in [5.74, 6) is 0.0357. The van der Waals surface area contributed by atoms with Gasteiger partial charge in [-0.05, 0) is 56.8 Å². The molecule has 1 unspecified atom stereocenters. The number of nitrogens with one attached hydrogen (secondary N) is 1. The number of aliphatic hydroxyl groups excluding tert-OH is 1. The number of amides is 1. The van der Waals surface area contributed by atoms with Gasteiger partial charge in [0.2, 0.25) is 5.91 Å². The number of anilines is 1. The molecule has 116 valence electrons. The van der Waals surface area contributed by atoms with Gasteiger partial charge in [-0.1, -0.05) is 18.6 Å². The third-order valence-corrected chi connectivity index (χ3v) is 4.44. The second-order valence-corrected chi connectivity index (χ2v) is 5.93. The van der Waals surface area contributed by atoms with Crippen LogP contribution in [-0.4, -0.2) is 41.7 Å². The first-order valence-electron chi connectivity index (χ1n) is 7.83. The Hall–Kier alpha value is -1.39. The largest absolute Gasteiger partial charge is 0.396 e. The van der Waals surface area contributed by atoms with E-state index >= 15 is 0 Å². The molecule has 1 saturated heterocycles. The van der Waals surface area contributed by atoms with E-state index in [0.29, 0.717) is 12.6 Å². The first kappa shape index (κ1) is 16.0. The zero-order valence-corrected chi connectivity index (χ0v) is 13.1. The summed E-state index contributed by atoms with van der Waals surface area (Å²) in [5.41, 5.74) is 3.20. The van der Waals surface area contributed by atoms with E-state index in [-0.39, 0.29) is 12.5 Å². The van der Waals surface area contributed by atoms with Crippen molar-refractivity contribution in [2.45, 2.75) is 45.6 Å². The van der Waals surface area contributed by atoms with Gasteiger partial charge in [0.15, 0.2) is 0 Å². The number of aliphatic hydroxyl groups is 1. The van der Waals surface area contributed by atoms with Crippen molar-refractivity contribution in [2.24, 2.45) is 0 Å². The van der Waals surface area contributed by atoms with Crippen LogP contribution in [0, 0.1) is 13.8 Å². The first-order valence-corrected chi connectivity index (χ1v) is 7.83. The smallest absolute Gasteiger partial charge is 0.238 e. The topological polar surface area (TPSA) is 52.6 Å². The van der Waals surface area contributed by atoms with Crippen LogP contribution in [0.3, 0.4) is 0 Å². The van der Waals surface area contributed by atoms with E-state index < -0.39 is 0 Å². The molecular weight excluding hydrogens is 264 g/mol. The molecule has 1 aromatic rings. The lowest BCUT2D eigenvalue weighted by atomic mass is 9.99. The Balaban J connectivity index is 1.95. The minimum Gasteiger partial charge on any atom is -0.396 e. The normalized spacial score (nSPS) is 19.5. The summed E-state index contributed by atoms with van der Waals surface area (Å²) in [4.78, 5) is 14.5. The molecule has 2 rings (SSSR count). The van der Waals surface area contributed by atoms with Gasteiger partial charge in [0.05, 0.1) is 6.54 Å². The summed E-state index contributed by atoms with van der Waals surface area (Å²) in [6.45, 7) is 5.63. The predicted molar refractivity (Wildman–Crippen MR) is 85.5 cm³/mol. The molecule has 1 aromatic carbocycles. The fourth-order valence-electron chi connectivity index (χ4n) is 3.00. The molecule has 1 heterocycles. The highest BCUT2D eigenvalue weighted by Gasteiger charge is 2.23. The average Bonchev–Trinajstić information content (AvgIpc) is 2.46. The molecule has 1 fully saturated rings. The summed E-state index contributed by atoms with van der Waals surface area (Å²) in [7, 11) is 0. The number of aryl methyl sites for hydroxylation is 1. The SMILES string of the molecule is Cc1cccc(NC(=O)CN2CCCCC2CCO)c1C. The van der Waals surface area contributed by atoms with Crippen molar-refractivity contribution in [1.82, 2.24) is 4.90 Å². The van der Waals surface area contributed by atoms with Gasteiger partial charge in [-0.2, -0.15) is 0 Å². The van der Waals surface area contributed by atoms with Crippen LogP contribution in [0.4, 0.5) is 5.69 Å². The van der Waals surface area contributed by atoms with Crippen molar-refractivity contribution in [2.75, 3.05) is 25.0 Å². The summed E-state index contributed by atoms with van der Waals surface area (Å²) in [6, 6.07) is 6.30. The Morgan fingerprint density at radius 3 is 2.95 bits per heavy atom. The van der Waals surface area contributed by atoms with E-state index in [0.717, 1.165) is 37.1 Å². The molecule has 4 heteroatoms. The van der Waals surface area contributed by atoms with E-state index in [9.17, 15) is 4.79 Å². The number of hydrogen-bond donors (Lipinski definition) is 2. The lowest BCUT2D eigenvalue weighted by Crippen LogP contribution is -2.44. The van der Waals surface area contributed by atoms with Gasteiger partial charge in [-0.25, -0.2) is 0 Å². The predicted octanol–water partition coefficient (Wildman–Crippen LogP) is 2.48. The van der Waals surface area contributed by atoms with Crippen LogP contribution < -0.4 is 5.32 Å². The number of carbonyl (C=O) groups is 1. The van der Waals surface area contributed by atoms with Crippen LogP contribution in [0.1, 0.15) is 36.8 Å². The van der Waals surface area contributed by atoms with Crippen LogP contribution in [0.2, 0.25) is 0 Å². The highest BCUT2D eigenvalue weighted by atomic mass is 16.3. The van der Waals surface area contributed by atoms with Crippen LogP contribution in [0.5, 0.6) is 0 Å². The van der Waals surface area contributed by atoms with Gasteiger partial charge in [0.1, 0.15) is 0 Å². The number of carbonyl (C=O) groups excluding carboxylic acids is 1. The van der Waals surface area contributed by atoms with Gasteiger partial charge in [-0.3, -0.25) is 9.69 Å². The molecular formula is C17H26N2O2. The van der Waals surface area contributed by atoms with E-state index in [1.165, 1.54) is 12.0 Å². The molecule has 0 spiro atoms. The monoisotopic (exact) mass is 290 g/mol. The van der Waals surface area contributed by atoms with Crippen LogP contribution in [0.25, 0.3) is 0 Å². The Bertz CT molecular complexity index is 486. The van der Waals surface area contributed by atoms with Crippen LogP contribution >= 0.6 is 0 Å². The molecule has 4 nitrogen and oxygen atoms in total. The molecule has 1 amide bonds. The molecule has 0 aromatic heterocycles. The van der Waals surface area contributed by atoms with Crippen molar-refractivity contribution in [1.29, 1.82) is 0 Å². The fraction of sp³-hybridized carbons (Fsp3) is 0.588. The maximum Gasteiger partial charge on any atom is 0.238 e. The minimum absolute atomic E-state index is 0.0357. The van der Waals surface area contributed by atoms with Crippen molar-refractivity contribution in [3.63, 3.8) is 0 Å². The Morgan fingerprint density at radius 1 is 1.38 bits per heavy atom. The first-order chi connectivity index (χ1) is 10.1. The Morgan fingerprint density at radius 2 is 2.19 bits per heavy atom. The fourth-order valence-corrected chi connectivity index (χ4v) is 3.00. The summed E-state index contributed by atoms with van der Waals surface area (Å²) in [5, 5.41) is 12.2. The van der Waals surface area contributed by atoms with Crippen LogP contribution in [0.15, 0.2) is 18.2 Å². The van der Waals surface area contributed by atoms with Crippen LogP contribution in [-0.2, 0) is 4.79 Å². The summed E-state index contributed by atoms with van der Waals surface area (Å²) in [6.07, 6.45) is 4.17. The quantitative estimate of drug-likeness (QED) is 0.876. The number of likely N-dealkylation sites (tertiary alicyclic amines) is 1. The maximum atomic E-state index is 12.3. The van der Waals surface area contributed by atoms with Crippen molar-refractivity contribution >= 4 is 11.6 Å². The molecule has 21 heavy (non-hydrogen) atoms. The second-order valence-electron chi connectivity index (χ2n) is 5.93. The second kappa shape index (κ2) is 7.57. The molecule has 2 N–H and O–H groups in total. The van der Waals surface area contributed by atoms with E-state index in [2.05, 4.69) is 10.2 Å².